The Labute approximate surface area is 175 Å². The number of rotatable bonds is 3. The molecule has 1 aliphatic carbocycles. The summed E-state index contributed by atoms with van der Waals surface area (Å²) in [6, 6.07) is 20.2. The highest BCUT2D eigenvalue weighted by molar-refractivity contribution is 5.79. The average molecular weight is 401 g/mol. The number of phenolic OH excluding ortho intramolecular Hbond substituents is 1. The fourth-order valence-corrected chi connectivity index (χ4v) is 4.58. The highest BCUT2D eigenvalue weighted by Crippen LogP contribution is 2.44. The van der Waals surface area contributed by atoms with Crippen molar-refractivity contribution < 1.29 is 19.4 Å². The molecular weight excluding hydrogens is 378 g/mol. The van der Waals surface area contributed by atoms with E-state index < -0.39 is 0 Å². The molecule has 30 heavy (non-hydrogen) atoms. The van der Waals surface area contributed by atoms with Crippen molar-refractivity contribution in [3.05, 3.63) is 82.9 Å². The summed E-state index contributed by atoms with van der Waals surface area (Å²) in [6.45, 7) is 1.33. The lowest BCUT2D eigenvalue weighted by atomic mass is 9.98. The first kappa shape index (κ1) is 18.6. The van der Waals surface area contributed by atoms with Gasteiger partial charge in [-0.05, 0) is 51.9 Å². The molecule has 0 aromatic heterocycles. The maximum Gasteiger partial charge on any atom is 0.410 e. The van der Waals surface area contributed by atoms with Crippen molar-refractivity contribution in [1.29, 1.82) is 0 Å². The van der Waals surface area contributed by atoms with Crippen LogP contribution in [0.3, 0.4) is 0 Å². The fourth-order valence-electron chi connectivity index (χ4n) is 4.58. The van der Waals surface area contributed by atoms with E-state index in [2.05, 4.69) is 24.3 Å². The number of fused-ring (bicyclic) bond motifs is 4. The third-order valence-electron chi connectivity index (χ3n) is 6.11. The zero-order valence-corrected chi connectivity index (χ0v) is 16.8. The van der Waals surface area contributed by atoms with E-state index in [9.17, 15) is 9.90 Å². The average Bonchev–Trinajstić information content (AvgIpc) is 3.10. The Bertz CT molecular complexity index is 1080. The molecule has 0 radical (unpaired) electrons. The Morgan fingerprint density at radius 2 is 1.70 bits per heavy atom. The van der Waals surface area contributed by atoms with Crippen LogP contribution in [0.25, 0.3) is 11.1 Å². The minimum absolute atomic E-state index is 0.0514. The largest absolute Gasteiger partial charge is 0.504 e. The molecule has 1 aliphatic heterocycles. The van der Waals surface area contributed by atoms with Crippen LogP contribution in [-0.4, -0.2) is 36.4 Å². The van der Waals surface area contributed by atoms with Crippen LogP contribution >= 0.6 is 0 Å². The monoisotopic (exact) mass is 401 g/mol. The Hall–Kier alpha value is -3.47. The quantitative estimate of drug-likeness (QED) is 0.691. The van der Waals surface area contributed by atoms with Crippen LogP contribution in [0.2, 0.25) is 0 Å². The number of hydrogen-bond acceptors (Lipinski definition) is 4. The number of methoxy groups -OCH3 is 1. The van der Waals surface area contributed by atoms with Gasteiger partial charge in [-0.2, -0.15) is 0 Å². The number of carbonyl (C=O) groups is 1. The van der Waals surface area contributed by atoms with Gasteiger partial charge in [0.15, 0.2) is 11.5 Å². The van der Waals surface area contributed by atoms with Gasteiger partial charge in [0, 0.05) is 19.0 Å². The Morgan fingerprint density at radius 3 is 2.37 bits per heavy atom. The van der Waals surface area contributed by atoms with Gasteiger partial charge in [-0.15, -0.1) is 0 Å². The van der Waals surface area contributed by atoms with E-state index in [4.69, 9.17) is 9.47 Å². The van der Waals surface area contributed by atoms with Gasteiger partial charge in [-0.3, -0.25) is 0 Å². The molecule has 0 bridgehead atoms. The van der Waals surface area contributed by atoms with Crippen LogP contribution in [0.15, 0.2) is 60.7 Å². The standard InChI is InChI=1S/C25H23NO4/c1-29-24-13-17-14-26(11-10-16(17)12-23(24)27)25(28)30-15-22-20-8-4-2-6-18(20)19-7-3-5-9-21(19)22/h2-9,12-13,22,27H,10-11,14-15H2,1H3. The van der Waals surface area contributed by atoms with Gasteiger partial charge in [0.2, 0.25) is 0 Å². The van der Waals surface area contributed by atoms with Crippen LogP contribution in [0.4, 0.5) is 4.79 Å². The number of phenols is 1. The summed E-state index contributed by atoms with van der Waals surface area (Å²) >= 11 is 0. The van der Waals surface area contributed by atoms with Crippen molar-refractivity contribution in [3.63, 3.8) is 0 Å². The SMILES string of the molecule is COc1cc2c(cc1O)CCN(C(=O)OCC1c3ccccc3-c3ccccc31)C2. The molecule has 1 N–H and O–H groups in total. The number of aromatic hydroxyl groups is 1. The minimum Gasteiger partial charge on any atom is -0.504 e. The lowest BCUT2D eigenvalue weighted by Gasteiger charge is -2.29. The van der Waals surface area contributed by atoms with Gasteiger partial charge in [0.25, 0.3) is 0 Å². The molecule has 0 fully saturated rings. The molecule has 5 heteroatoms. The highest BCUT2D eigenvalue weighted by Gasteiger charge is 2.30. The van der Waals surface area contributed by atoms with Gasteiger partial charge >= 0.3 is 6.09 Å². The summed E-state index contributed by atoms with van der Waals surface area (Å²) in [5, 5.41) is 9.98. The van der Waals surface area contributed by atoms with E-state index in [0.717, 1.165) is 11.1 Å². The van der Waals surface area contributed by atoms with Crippen LogP contribution in [-0.2, 0) is 17.7 Å². The number of benzene rings is 3. The summed E-state index contributed by atoms with van der Waals surface area (Å²) in [5.74, 6) is 0.601. The molecule has 0 saturated heterocycles. The van der Waals surface area contributed by atoms with Gasteiger partial charge in [-0.25, -0.2) is 4.79 Å². The van der Waals surface area contributed by atoms with Crippen LogP contribution < -0.4 is 4.74 Å². The zero-order chi connectivity index (χ0) is 20.7. The van der Waals surface area contributed by atoms with Crippen molar-refractivity contribution in [2.24, 2.45) is 0 Å². The van der Waals surface area contributed by atoms with Crippen LogP contribution in [0.5, 0.6) is 11.5 Å². The second-order valence-electron chi connectivity index (χ2n) is 7.77. The van der Waals surface area contributed by atoms with Gasteiger partial charge in [-0.1, -0.05) is 48.5 Å². The molecule has 5 nitrogen and oxygen atoms in total. The molecule has 3 aromatic carbocycles. The predicted octanol–water partition coefficient (Wildman–Crippen LogP) is 4.71. The Kier molecular flexibility index (Phi) is 4.58. The van der Waals surface area contributed by atoms with Crippen molar-refractivity contribution in [3.8, 4) is 22.6 Å². The maximum atomic E-state index is 12.8. The van der Waals surface area contributed by atoms with Crippen molar-refractivity contribution >= 4 is 6.09 Å². The Morgan fingerprint density at radius 1 is 1.03 bits per heavy atom. The maximum absolute atomic E-state index is 12.8. The smallest absolute Gasteiger partial charge is 0.410 e. The molecule has 0 spiro atoms. The number of nitrogens with zero attached hydrogens (tertiary/aromatic N) is 1. The minimum atomic E-state index is -0.311. The molecule has 0 atom stereocenters. The molecular formula is C25H23NO4. The van der Waals surface area contributed by atoms with E-state index in [1.807, 2.05) is 24.3 Å². The first-order valence-electron chi connectivity index (χ1n) is 10.1. The third-order valence-corrected chi connectivity index (χ3v) is 6.11. The van der Waals surface area contributed by atoms with Crippen molar-refractivity contribution in [2.45, 2.75) is 18.9 Å². The predicted molar refractivity (Wildman–Crippen MR) is 114 cm³/mol. The highest BCUT2D eigenvalue weighted by atomic mass is 16.6. The number of ether oxygens (including phenoxy) is 2. The molecule has 3 aromatic rings. The molecule has 1 amide bonds. The zero-order valence-electron chi connectivity index (χ0n) is 16.8. The van der Waals surface area contributed by atoms with E-state index in [-0.39, 0.29) is 17.8 Å². The van der Waals surface area contributed by atoms with Gasteiger partial charge in [0.05, 0.1) is 7.11 Å². The fraction of sp³-hybridized carbons (Fsp3) is 0.240. The molecule has 0 saturated carbocycles. The molecule has 1 heterocycles. The molecule has 152 valence electrons. The van der Waals surface area contributed by atoms with E-state index >= 15 is 0 Å². The summed E-state index contributed by atoms with van der Waals surface area (Å²) in [4.78, 5) is 14.5. The molecule has 2 aliphatic rings. The van der Waals surface area contributed by atoms with Gasteiger partial charge in [0.1, 0.15) is 6.61 Å². The van der Waals surface area contributed by atoms with Crippen LogP contribution in [0.1, 0.15) is 28.2 Å². The van der Waals surface area contributed by atoms with Gasteiger partial charge < -0.3 is 19.5 Å². The lowest BCUT2D eigenvalue weighted by Crippen LogP contribution is -2.37. The summed E-state index contributed by atoms with van der Waals surface area (Å²) < 4.78 is 11.0. The topological polar surface area (TPSA) is 59.0 Å². The first-order valence-corrected chi connectivity index (χ1v) is 10.1. The summed E-state index contributed by atoms with van der Waals surface area (Å²) in [7, 11) is 1.52. The second-order valence-corrected chi connectivity index (χ2v) is 7.77. The number of hydrogen-bond donors (Lipinski definition) is 1. The molecule has 0 unspecified atom stereocenters. The normalized spacial score (nSPS) is 14.6. The number of carbonyl (C=O) groups excluding carboxylic acids is 1. The van der Waals surface area contributed by atoms with E-state index in [1.165, 1.54) is 29.4 Å². The molecule has 5 rings (SSSR count). The van der Waals surface area contributed by atoms with Crippen molar-refractivity contribution in [2.75, 3.05) is 20.3 Å². The van der Waals surface area contributed by atoms with Crippen molar-refractivity contribution in [1.82, 2.24) is 4.90 Å². The summed E-state index contributed by atoms with van der Waals surface area (Å²) in [6.07, 6.45) is 0.367. The Balaban J connectivity index is 1.31. The number of amides is 1. The lowest BCUT2D eigenvalue weighted by molar-refractivity contribution is 0.0953. The first-order chi connectivity index (χ1) is 14.7. The van der Waals surface area contributed by atoms with E-state index in [0.29, 0.717) is 31.9 Å². The van der Waals surface area contributed by atoms with E-state index in [1.54, 1.807) is 17.0 Å². The second kappa shape index (κ2) is 7.41. The van der Waals surface area contributed by atoms with Crippen LogP contribution in [0, 0.1) is 0 Å². The third kappa shape index (κ3) is 3.07. The summed E-state index contributed by atoms with van der Waals surface area (Å²) in [5.41, 5.74) is 6.85.